The highest BCUT2D eigenvalue weighted by molar-refractivity contribution is 7.99. The van der Waals surface area contributed by atoms with Gasteiger partial charge in [-0.1, -0.05) is 29.5 Å². The van der Waals surface area contributed by atoms with Crippen molar-refractivity contribution in [2.24, 2.45) is 0 Å². The molecule has 8 heteroatoms. The van der Waals surface area contributed by atoms with Crippen LogP contribution in [-0.2, 0) is 0 Å². The molecule has 0 aliphatic heterocycles. The molecular weight excluding hydrogens is 314 g/mol. The molecule has 0 aliphatic carbocycles. The van der Waals surface area contributed by atoms with Crippen molar-refractivity contribution in [3.8, 4) is 11.5 Å². The molecule has 3 N–H and O–H groups in total. The maximum absolute atomic E-state index is 11.4. The van der Waals surface area contributed by atoms with Gasteiger partial charge in [0.15, 0.2) is 5.16 Å². The lowest BCUT2D eigenvalue weighted by molar-refractivity contribution is 0.509. The molecule has 2 heterocycles. The molecule has 3 rings (SSSR count). The van der Waals surface area contributed by atoms with Gasteiger partial charge in [-0.2, -0.15) is 0 Å². The van der Waals surface area contributed by atoms with Crippen molar-refractivity contribution < 1.29 is 4.42 Å². The van der Waals surface area contributed by atoms with Crippen LogP contribution in [0.2, 0.25) is 0 Å². The first-order chi connectivity index (χ1) is 11.0. The number of H-pyrrole nitrogens is 1. The van der Waals surface area contributed by atoms with Crippen LogP contribution in [0.1, 0.15) is 23.6 Å². The van der Waals surface area contributed by atoms with E-state index in [0.29, 0.717) is 16.9 Å². The van der Waals surface area contributed by atoms with Gasteiger partial charge in [0, 0.05) is 11.6 Å². The summed E-state index contributed by atoms with van der Waals surface area (Å²) < 4.78 is 5.71. The second-order valence-electron chi connectivity index (χ2n) is 5.05. The molecule has 0 spiro atoms. The number of aryl methyl sites for hydroxylation is 1. The third-order valence-corrected chi connectivity index (χ3v) is 4.09. The van der Waals surface area contributed by atoms with Gasteiger partial charge in [0.1, 0.15) is 5.82 Å². The number of nitrogens with one attached hydrogen (secondary N) is 1. The Kier molecular flexibility index (Phi) is 4.16. The number of rotatable bonds is 4. The van der Waals surface area contributed by atoms with Gasteiger partial charge >= 0.3 is 0 Å². The van der Waals surface area contributed by atoms with Crippen LogP contribution < -0.4 is 11.3 Å². The molecule has 0 radical (unpaired) electrons. The number of thioether (sulfide) groups is 1. The average Bonchev–Trinajstić information content (AvgIpc) is 2.97. The summed E-state index contributed by atoms with van der Waals surface area (Å²) in [7, 11) is 0. The molecular formula is C15H15N5O2S. The molecule has 23 heavy (non-hydrogen) atoms. The molecule has 1 atom stereocenters. The summed E-state index contributed by atoms with van der Waals surface area (Å²) >= 11 is 1.29. The van der Waals surface area contributed by atoms with Gasteiger partial charge < -0.3 is 15.1 Å². The first-order valence-corrected chi connectivity index (χ1v) is 7.83. The molecule has 3 aromatic rings. The van der Waals surface area contributed by atoms with E-state index in [1.54, 1.807) is 0 Å². The Morgan fingerprint density at radius 3 is 2.70 bits per heavy atom. The number of anilines is 1. The highest BCUT2D eigenvalue weighted by atomic mass is 32.2. The Balaban J connectivity index is 1.79. The zero-order valence-electron chi connectivity index (χ0n) is 12.6. The number of aromatic amines is 1. The summed E-state index contributed by atoms with van der Waals surface area (Å²) in [5.41, 5.74) is 7.30. The fourth-order valence-corrected chi connectivity index (χ4v) is 2.79. The topological polar surface area (TPSA) is 111 Å². The smallest absolute Gasteiger partial charge is 0.253 e. The number of nitrogens with zero attached hydrogens (tertiary/aromatic N) is 3. The number of benzene rings is 1. The molecule has 0 bridgehead atoms. The highest BCUT2D eigenvalue weighted by Crippen LogP contribution is 2.33. The van der Waals surface area contributed by atoms with Crippen molar-refractivity contribution in [3.63, 3.8) is 0 Å². The SMILES string of the molecule is Cc1ccc(-c2nnc(C(C)Sc3nc(N)cc(=O)[nH]3)o2)cc1. The number of nitrogens with two attached hydrogens (primary N) is 1. The largest absolute Gasteiger partial charge is 0.419 e. The predicted octanol–water partition coefficient (Wildman–Crippen LogP) is 2.56. The molecule has 7 nitrogen and oxygen atoms in total. The Hall–Kier alpha value is -2.61. The van der Waals surface area contributed by atoms with Gasteiger partial charge in [0.2, 0.25) is 11.8 Å². The standard InChI is InChI=1S/C15H15N5O2S/c1-8-3-5-10(6-4-8)14-20-19-13(22-14)9(2)23-15-17-11(16)7-12(21)18-15/h3-7,9H,1-2H3,(H3,16,17,18,21). The lowest BCUT2D eigenvalue weighted by Gasteiger charge is -2.05. The Bertz CT molecular complexity index is 872. The van der Waals surface area contributed by atoms with E-state index in [2.05, 4.69) is 20.2 Å². The maximum atomic E-state index is 11.4. The number of hydrogen-bond acceptors (Lipinski definition) is 7. The molecule has 0 aliphatic rings. The third kappa shape index (κ3) is 3.59. The van der Waals surface area contributed by atoms with E-state index in [1.807, 2.05) is 38.1 Å². The monoisotopic (exact) mass is 329 g/mol. The quantitative estimate of drug-likeness (QED) is 0.559. The predicted molar refractivity (Wildman–Crippen MR) is 88.0 cm³/mol. The second kappa shape index (κ2) is 6.25. The third-order valence-electron chi connectivity index (χ3n) is 3.12. The van der Waals surface area contributed by atoms with Crippen molar-refractivity contribution in [1.29, 1.82) is 0 Å². The van der Waals surface area contributed by atoms with Crippen LogP contribution in [0.3, 0.4) is 0 Å². The summed E-state index contributed by atoms with van der Waals surface area (Å²) in [6.45, 7) is 3.90. The first-order valence-electron chi connectivity index (χ1n) is 6.95. The van der Waals surface area contributed by atoms with Crippen LogP contribution in [0.4, 0.5) is 5.82 Å². The van der Waals surface area contributed by atoms with Crippen molar-refractivity contribution in [3.05, 3.63) is 52.1 Å². The van der Waals surface area contributed by atoms with Crippen LogP contribution >= 0.6 is 11.8 Å². The number of hydrogen-bond donors (Lipinski definition) is 2. The van der Waals surface area contributed by atoms with E-state index in [9.17, 15) is 4.79 Å². The van der Waals surface area contributed by atoms with Crippen molar-refractivity contribution >= 4 is 17.6 Å². The van der Waals surface area contributed by atoms with Crippen LogP contribution in [0.25, 0.3) is 11.5 Å². The summed E-state index contributed by atoms with van der Waals surface area (Å²) in [4.78, 5) is 18.1. The minimum absolute atomic E-state index is 0.174. The molecule has 2 aromatic heterocycles. The summed E-state index contributed by atoms with van der Waals surface area (Å²) in [6, 6.07) is 9.07. The normalized spacial score (nSPS) is 12.3. The zero-order chi connectivity index (χ0) is 16.4. The van der Waals surface area contributed by atoms with Gasteiger partial charge in [0.05, 0.1) is 5.25 Å². The summed E-state index contributed by atoms with van der Waals surface area (Å²) in [5.74, 6) is 1.09. The first kappa shape index (κ1) is 15.3. The number of nitrogen functional groups attached to an aromatic ring is 1. The van der Waals surface area contributed by atoms with E-state index in [4.69, 9.17) is 10.2 Å². The maximum Gasteiger partial charge on any atom is 0.253 e. The van der Waals surface area contributed by atoms with Gasteiger partial charge in [-0.3, -0.25) is 4.79 Å². The van der Waals surface area contributed by atoms with Gasteiger partial charge in [-0.25, -0.2) is 4.98 Å². The lowest BCUT2D eigenvalue weighted by atomic mass is 10.1. The molecule has 0 saturated heterocycles. The highest BCUT2D eigenvalue weighted by Gasteiger charge is 2.17. The molecule has 0 amide bonds. The van der Waals surface area contributed by atoms with Crippen molar-refractivity contribution in [2.75, 3.05) is 5.73 Å². The van der Waals surface area contributed by atoms with Gasteiger partial charge in [0.25, 0.3) is 5.56 Å². The summed E-state index contributed by atoms with van der Waals surface area (Å²) in [6.07, 6.45) is 0. The minimum Gasteiger partial charge on any atom is -0.419 e. The van der Waals surface area contributed by atoms with Crippen LogP contribution in [0.5, 0.6) is 0 Å². The molecule has 1 unspecified atom stereocenters. The van der Waals surface area contributed by atoms with E-state index >= 15 is 0 Å². The Morgan fingerprint density at radius 1 is 1.26 bits per heavy atom. The molecule has 0 fully saturated rings. The minimum atomic E-state index is -0.293. The Morgan fingerprint density at radius 2 is 2.00 bits per heavy atom. The van der Waals surface area contributed by atoms with E-state index in [-0.39, 0.29) is 16.6 Å². The van der Waals surface area contributed by atoms with Crippen molar-refractivity contribution in [2.45, 2.75) is 24.3 Å². The van der Waals surface area contributed by atoms with Crippen molar-refractivity contribution in [1.82, 2.24) is 20.2 Å². The Labute approximate surface area is 136 Å². The fraction of sp³-hybridized carbons (Fsp3) is 0.200. The summed E-state index contributed by atoms with van der Waals surface area (Å²) in [5, 5.41) is 8.37. The van der Waals surface area contributed by atoms with Gasteiger partial charge in [-0.15, -0.1) is 10.2 Å². The van der Waals surface area contributed by atoms with E-state index in [0.717, 1.165) is 11.1 Å². The molecule has 0 saturated carbocycles. The lowest BCUT2D eigenvalue weighted by Crippen LogP contribution is -2.09. The zero-order valence-corrected chi connectivity index (χ0v) is 13.4. The molecule has 118 valence electrons. The van der Waals surface area contributed by atoms with E-state index < -0.39 is 0 Å². The van der Waals surface area contributed by atoms with E-state index in [1.165, 1.54) is 17.8 Å². The fourth-order valence-electron chi connectivity index (χ4n) is 1.94. The van der Waals surface area contributed by atoms with Crippen LogP contribution in [-0.4, -0.2) is 20.2 Å². The molecule has 1 aromatic carbocycles. The average molecular weight is 329 g/mol. The second-order valence-corrected chi connectivity index (χ2v) is 6.38. The van der Waals surface area contributed by atoms with Crippen LogP contribution in [0, 0.1) is 6.92 Å². The number of aromatic nitrogens is 4. The van der Waals surface area contributed by atoms with Crippen LogP contribution in [0.15, 0.2) is 44.7 Å². The van der Waals surface area contributed by atoms with Gasteiger partial charge in [-0.05, 0) is 26.0 Å².